The number of hydrogen-bond acceptors (Lipinski definition) is 4. The molecule has 0 saturated carbocycles. The van der Waals surface area contributed by atoms with Crippen LogP contribution in [0.1, 0.15) is 30.6 Å². The van der Waals surface area contributed by atoms with Gasteiger partial charge in [0.25, 0.3) is 0 Å². The van der Waals surface area contributed by atoms with Crippen molar-refractivity contribution in [3.63, 3.8) is 0 Å². The summed E-state index contributed by atoms with van der Waals surface area (Å²) in [6.45, 7) is 3.28. The second-order valence-electron chi connectivity index (χ2n) is 3.45. The minimum atomic E-state index is -0.725. The van der Waals surface area contributed by atoms with Gasteiger partial charge in [0.2, 0.25) is 0 Å². The Labute approximate surface area is 94.4 Å². The third-order valence-corrected chi connectivity index (χ3v) is 2.27. The summed E-state index contributed by atoms with van der Waals surface area (Å²) < 4.78 is 5.00. The molecule has 16 heavy (non-hydrogen) atoms. The average Bonchev–Trinajstić information content (AvgIpc) is 2.28. The van der Waals surface area contributed by atoms with E-state index >= 15 is 0 Å². The molecule has 4 nitrogen and oxygen atoms in total. The lowest BCUT2D eigenvalue weighted by Crippen LogP contribution is -2.24. The van der Waals surface area contributed by atoms with Crippen molar-refractivity contribution in [2.75, 3.05) is 5.73 Å². The van der Waals surface area contributed by atoms with Gasteiger partial charge in [-0.15, -0.1) is 0 Å². The maximum atomic E-state index is 11.6. The lowest BCUT2D eigenvalue weighted by molar-refractivity contribution is -0.126. The zero-order valence-corrected chi connectivity index (χ0v) is 9.40. The van der Waals surface area contributed by atoms with Crippen LogP contribution in [0.15, 0.2) is 24.3 Å². The first-order chi connectivity index (χ1) is 7.56. The predicted molar refractivity (Wildman–Crippen MR) is 61.0 cm³/mol. The first kappa shape index (κ1) is 12.2. The maximum Gasteiger partial charge on any atom is 0.340 e. The Balaban J connectivity index is 2.73. The number of rotatable bonds is 4. The summed E-state index contributed by atoms with van der Waals surface area (Å²) in [4.78, 5) is 22.9. The number of carbonyl (C=O) groups excluding carboxylic acids is 2. The van der Waals surface area contributed by atoms with Gasteiger partial charge in [-0.3, -0.25) is 4.79 Å². The Bertz CT molecular complexity index is 401. The van der Waals surface area contributed by atoms with Gasteiger partial charge in [0, 0.05) is 12.1 Å². The molecule has 1 atom stereocenters. The maximum absolute atomic E-state index is 11.6. The first-order valence-electron chi connectivity index (χ1n) is 5.14. The monoisotopic (exact) mass is 221 g/mol. The van der Waals surface area contributed by atoms with Gasteiger partial charge in [0.15, 0.2) is 11.9 Å². The average molecular weight is 221 g/mol. The molecule has 1 aromatic rings. The van der Waals surface area contributed by atoms with E-state index in [1.165, 1.54) is 0 Å². The van der Waals surface area contributed by atoms with E-state index in [-0.39, 0.29) is 5.78 Å². The highest BCUT2D eigenvalue weighted by Gasteiger charge is 2.18. The Hall–Kier alpha value is -1.84. The van der Waals surface area contributed by atoms with Crippen LogP contribution in [0.3, 0.4) is 0 Å². The van der Waals surface area contributed by atoms with Crippen LogP contribution in [0.5, 0.6) is 0 Å². The molecule has 0 aromatic heterocycles. The molecular weight excluding hydrogens is 206 g/mol. The Morgan fingerprint density at radius 1 is 1.38 bits per heavy atom. The largest absolute Gasteiger partial charge is 0.451 e. The van der Waals surface area contributed by atoms with Crippen LogP contribution >= 0.6 is 0 Å². The van der Waals surface area contributed by atoms with Crippen LogP contribution in [0.25, 0.3) is 0 Å². The van der Waals surface area contributed by atoms with Gasteiger partial charge in [-0.25, -0.2) is 4.79 Å². The Kier molecular flexibility index (Phi) is 4.05. The summed E-state index contributed by atoms with van der Waals surface area (Å²) >= 11 is 0. The van der Waals surface area contributed by atoms with Crippen molar-refractivity contribution >= 4 is 17.4 Å². The van der Waals surface area contributed by atoms with Crippen molar-refractivity contribution in [1.82, 2.24) is 0 Å². The third-order valence-electron chi connectivity index (χ3n) is 2.27. The third kappa shape index (κ3) is 2.82. The molecule has 0 saturated heterocycles. The fourth-order valence-electron chi connectivity index (χ4n) is 1.26. The highest BCUT2D eigenvalue weighted by molar-refractivity contribution is 5.96. The second-order valence-corrected chi connectivity index (χ2v) is 3.45. The predicted octanol–water partition coefficient (Wildman–Crippen LogP) is 1.79. The van der Waals surface area contributed by atoms with Crippen molar-refractivity contribution in [3.8, 4) is 0 Å². The highest BCUT2D eigenvalue weighted by atomic mass is 16.5. The number of nitrogens with two attached hydrogens (primary N) is 1. The van der Waals surface area contributed by atoms with Gasteiger partial charge in [-0.2, -0.15) is 0 Å². The van der Waals surface area contributed by atoms with Crippen LogP contribution in [0.4, 0.5) is 5.69 Å². The fraction of sp³-hybridized carbons (Fsp3) is 0.333. The molecule has 1 aromatic carbocycles. The number of anilines is 1. The quantitative estimate of drug-likeness (QED) is 0.621. The van der Waals surface area contributed by atoms with E-state index in [1.807, 2.05) is 0 Å². The van der Waals surface area contributed by atoms with Crippen LogP contribution in [-0.2, 0) is 9.53 Å². The van der Waals surface area contributed by atoms with Gasteiger partial charge in [-0.1, -0.05) is 19.1 Å². The van der Waals surface area contributed by atoms with Crippen LogP contribution < -0.4 is 5.73 Å². The molecule has 0 aliphatic carbocycles. The summed E-state index contributed by atoms with van der Waals surface area (Å²) in [7, 11) is 0. The van der Waals surface area contributed by atoms with Crippen molar-refractivity contribution in [2.24, 2.45) is 0 Å². The number of Topliss-reactive ketones (excluding diaryl/α,β-unsaturated/α-hetero) is 1. The summed E-state index contributed by atoms with van der Waals surface area (Å²) in [5, 5.41) is 0. The first-order valence-corrected chi connectivity index (χ1v) is 5.14. The van der Waals surface area contributed by atoms with Gasteiger partial charge in [0.1, 0.15) is 0 Å². The van der Waals surface area contributed by atoms with Crippen LogP contribution in [-0.4, -0.2) is 17.9 Å². The topological polar surface area (TPSA) is 69.4 Å². The molecular formula is C12H15NO3. The van der Waals surface area contributed by atoms with Gasteiger partial charge >= 0.3 is 5.97 Å². The standard InChI is InChI=1S/C12H15NO3/c1-3-11(14)8(2)16-12(15)9-6-4-5-7-10(9)13/h4-8H,3,13H2,1-2H3. The molecule has 86 valence electrons. The molecule has 0 aliphatic rings. The fourth-order valence-corrected chi connectivity index (χ4v) is 1.26. The summed E-state index contributed by atoms with van der Waals surface area (Å²) in [6.07, 6.45) is -0.379. The molecule has 2 N–H and O–H groups in total. The highest BCUT2D eigenvalue weighted by Crippen LogP contribution is 2.13. The summed E-state index contributed by atoms with van der Waals surface area (Å²) in [6, 6.07) is 6.61. The van der Waals surface area contributed by atoms with E-state index in [0.29, 0.717) is 17.7 Å². The minimum Gasteiger partial charge on any atom is -0.451 e. The van der Waals surface area contributed by atoms with Crippen molar-refractivity contribution in [3.05, 3.63) is 29.8 Å². The summed E-state index contributed by atoms with van der Waals surface area (Å²) in [5.41, 5.74) is 6.26. The molecule has 0 amide bonds. The van der Waals surface area contributed by atoms with E-state index in [0.717, 1.165) is 0 Å². The van der Waals surface area contributed by atoms with Crippen molar-refractivity contribution < 1.29 is 14.3 Å². The number of ether oxygens (including phenoxy) is 1. The number of para-hydroxylation sites is 1. The van der Waals surface area contributed by atoms with Gasteiger partial charge < -0.3 is 10.5 Å². The number of nitrogen functional groups attached to an aromatic ring is 1. The van der Waals surface area contributed by atoms with Gasteiger partial charge in [0.05, 0.1) is 5.56 Å². The molecule has 0 radical (unpaired) electrons. The number of hydrogen-bond donors (Lipinski definition) is 1. The van der Waals surface area contributed by atoms with Gasteiger partial charge in [-0.05, 0) is 19.1 Å². The van der Waals surface area contributed by atoms with E-state index in [1.54, 1.807) is 38.1 Å². The normalized spacial score (nSPS) is 11.9. The van der Waals surface area contributed by atoms with Crippen molar-refractivity contribution in [1.29, 1.82) is 0 Å². The molecule has 0 fully saturated rings. The molecule has 0 aliphatic heterocycles. The molecule has 1 unspecified atom stereocenters. The summed E-state index contributed by atoms with van der Waals surface area (Å²) in [5.74, 6) is -0.671. The number of benzene rings is 1. The van der Waals surface area contributed by atoms with Crippen molar-refractivity contribution in [2.45, 2.75) is 26.4 Å². The van der Waals surface area contributed by atoms with E-state index in [4.69, 9.17) is 10.5 Å². The zero-order valence-electron chi connectivity index (χ0n) is 9.40. The molecule has 0 heterocycles. The number of carbonyl (C=O) groups is 2. The lowest BCUT2D eigenvalue weighted by Gasteiger charge is -2.12. The molecule has 0 bridgehead atoms. The minimum absolute atomic E-state index is 0.108. The molecule has 4 heteroatoms. The zero-order chi connectivity index (χ0) is 12.1. The lowest BCUT2D eigenvalue weighted by atomic mass is 10.1. The molecule has 0 spiro atoms. The van der Waals surface area contributed by atoms with Crippen LogP contribution in [0.2, 0.25) is 0 Å². The smallest absolute Gasteiger partial charge is 0.340 e. The van der Waals surface area contributed by atoms with E-state index in [2.05, 4.69) is 0 Å². The second kappa shape index (κ2) is 5.30. The Morgan fingerprint density at radius 2 is 2.00 bits per heavy atom. The number of ketones is 1. The molecule has 1 rings (SSSR count). The number of esters is 1. The van der Waals surface area contributed by atoms with E-state index in [9.17, 15) is 9.59 Å². The van der Waals surface area contributed by atoms with Crippen LogP contribution in [0, 0.1) is 0 Å². The van der Waals surface area contributed by atoms with E-state index < -0.39 is 12.1 Å². The Morgan fingerprint density at radius 3 is 2.56 bits per heavy atom. The SMILES string of the molecule is CCC(=O)C(C)OC(=O)c1ccccc1N.